The second-order valence-electron chi connectivity index (χ2n) is 5.07. The van der Waals surface area contributed by atoms with Crippen molar-refractivity contribution in [3.63, 3.8) is 0 Å². The average Bonchev–Trinajstić information content (AvgIpc) is 2.67. The van der Waals surface area contributed by atoms with Gasteiger partial charge in [-0.05, 0) is 56.9 Å². The van der Waals surface area contributed by atoms with E-state index in [9.17, 15) is 4.79 Å². The van der Waals surface area contributed by atoms with Gasteiger partial charge < -0.3 is 14.8 Å². The van der Waals surface area contributed by atoms with Crippen molar-refractivity contribution in [3.05, 3.63) is 22.4 Å². The molecular weight excluding hydrogens is 294 g/mol. The molecule has 5 heteroatoms. The molecule has 0 aliphatic rings. The van der Waals surface area contributed by atoms with Gasteiger partial charge in [-0.15, -0.1) is 0 Å². The molecule has 0 aliphatic heterocycles. The minimum absolute atomic E-state index is 0.0249. The molecule has 0 fully saturated rings. The van der Waals surface area contributed by atoms with E-state index < -0.39 is 0 Å². The van der Waals surface area contributed by atoms with Crippen LogP contribution in [0.5, 0.6) is 0 Å². The van der Waals surface area contributed by atoms with Crippen LogP contribution in [0.2, 0.25) is 0 Å². The molecule has 18 heavy (non-hydrogen) atoms. The first-order chi connectivity index (χ1) is 8.32. The quantitative estimate of drug-likeness (QED) is 0.906. The van der Waals surface area contributed by atoms with E-state index in [2.05, 4.69) is 46.9 Å². The zero-order chi connectivity index (χ0) is 13.9. The summed E-state index contributed by atoms with van der Waals surface area (Å²) in [7, 11) is 4.01. The molecule has 1 atom stereocenters. The number of carbonyl (C=O) groups excluding carboxylic acids is 1. The number of likely N-dealkylation sites (N-methyl/N-ethyl adjacent to an activating group) is 1. The molecular formula is C13H22BrN3O. The molecule has 0 bridgehead atoms. The average molecular weight is 316 g/mol. The highest BCUT2D eigenvalue weighted by Gasteiger charge is 2.15. The largest absolute Gasteiger partial charge is 0.349 e. The van der Waals surface area contributed by atoms with E-state index in [1.54, 1.807) is 0 Å². The standard InChI is InChI=1S/C13H22BrN3O/c1-9(2)17-8-11(14)6-12(17)13(18)15-7-10(3)16(4)5/h6,8-10H,7H2,1-5H3,(H,15,18). The lowest BCUT2D eigenvalue weighted by Crippen LogP contribution is -2.38. The first-order valence-corrected chi connectivity index (χ1v) is 6.94. The molecule has 0 radical (unpaired) electrons. The fourth-order valence-corrected chi connectivity index (χ4v) is 2.01. The van der Waals surface area contributed by atoms with E-state index in [1.807, 2.05) is 30.9 Å². The third kappa shape index (κ3) is 3.85. The summed E-state index contributed by atoms with van der Waals surface area (Å²) in [6, 6.07) is 2.44. The lowest BCUT2D eigenvalue weighted by atomic mass is 10.3. The Morgan fingerprint density at radius 2 is 2.06 bits per heavy atom. The van der Waals surface area contributed by atoms with E-state index in [0.29, 0.717) is 18.3 Å². The van der Waals surface area contributed by atoms with Gasteiger partial charge in [-0.1, -0.05) is 0 Å². The maximum Gasteiger partial charge on any atom is 0.268 e. The molecule has 102 valence electrons. The summed E-state index contributed by atoms with van der Waals surface area (Å²) in [5.74, 6) is -0.0249. The molecule has 1 heterocycles. The SMILES string of the molecule is CC(CNC(=O)c1cc(Br)cn1C(C)C)N(C)C. The first-order valence-electron chi connectivity index (χ1n) is 6.15. The molecule has 0 saturated carbocycles. The molecule has 0 saturated heterocycles. The summed E-state index contributed by atoms with van der Waals surface area (Å²) in [6.45, 7) is 6.85. The third-order valence-electron chi connectivity index (χ3n) is 3.04. The van der Waals surface area contributed by atoms with Crippen LogP contribution in [-0.4, -0.2) is 42.1 Å². The number of halogens is 1. The van der Waals surface area contributed by atoms with Crippen LogP contribution in [0.4, 0.5) is 0 Å². The van der Waals surface area contributed by atoms with Crippen LogP contribution in [0.15, 0.2) is 16.7 Å². The van der Waals surface area contributed by atoms with Crippen molar-refractivity contribution in [3.8, 4) is 0 Å². The van der Waals surface area contributed by atoms with Gasteiger partial charge in [-0.25, -0.2) is 0 Å². The van der Waals surface area contributed by atoms with Gasteiger partial charge in [0.2, 0.25) is 0 Å². The summed E-state index contributed by atoms with van der Waals surface area (Å²) in [6.07, 6.45) is 1.94. The Morgan fingerprint density at radius 3 is 2.56 bits per heavy atom. The highest BCUT2D eigenvalue weighted by atomic mass is 79.9. The van der Waals surface area contributed by atoms with E-state index in [-0.39, 0.29) is 11.9 Å². The molecule has 1 N–H and O–H groups in total. The van der Waals surface area contributed by atoms with Crippen molar-refractivity contribution < 1.29 is 4.79 Å². The van der Waals surface area contributed by atoms with Crippen LogP contribution < -0.4 is 5.32 Å². The number of amides is 1. The maximum atomic E-state index is 12.1. The smallest absolute Gasteiger partial charge is 0.268 e. The van der Waals surface area contributed by atoms with Crippen molar-refractivity contribution in [1.29, 1.82) is 0 Å². The normalized spacial score (nSPS) is 13.1. The second kappa shape index (κ2) is 6.38. The number of hydrogen-bond donors (Lipinski definition) is 1. The highest BCUT2D eigenvalue weighted by molar-refractivity contribution is 9.10. The first kappa shape index (κ1) is 15.2. The van der Waals surface area contributed by atoms with Gasteiger partial charge in [0.05, 0.1) is 0 Å². The third-order valence-corrected chi connectivity index (χ3v) is 3.48. The molecule has 1 aromatic heterocycles. The molecule has 4 nitrogen and oxygen atoms in total. The Kier molecular flexibility index (Phi) is 5.41. The van der Waals surface area contributed by atoms with Crippen LogP contribution >= 0.6 is 15.9 Å². The predicted octanol–water partition coefficient (Wildman–Crippen LogP) is 2.51. The summed E-state index contributed by atoms with van der Waals surface area (Å²) >= 11 is 3.41. The van der Waals surface area contributed by atoms with Crippen molar-refractivity contribution in [2.45, 2.75) is 32.9 Å². The van der Waals surface area contributed by atoms with Crippen molar-refractivity contribution in [1.82, 2.24) is 14.8 Å². The lowest BCUT2D eigenvalue weighted by Gasteiger charge is -2.20. The van der Waals surface area contributed by atoms with E-state index in [0.717, 1.165) is 4.47 Å². The fraction of sp³-hybridized carbons (Fsp3) is 0.615. The van der Waals surface area contributed by atoms with Gasteiger partial charge in [-0.3, -0.25) is 4.79 Å². The Hall–Kier alpha value is -0.810. The molecule has 0 spiro atoms. The molecule has 1 unspecified atom stereocenters. The van der Waals surface area contributed by atoms with Crippen molar-refractivity contribution >= 4 is 21.8 Å². The van der Waals surface area contributed by atoms with Crippen LogP contribution in [0.3, 0.4) is 0 Å². The van der Waals surface area contributed by atoms with Crippen molar-refractivity contribution in [2.24, 2.45) is 0 Å². The van der Waals surface area contributed by atoms with E-state index in [4.69, 9.17) is 0 Å². The predicted molar refractivity (Wildman–Crippen MR) is 78.0 cm³/mol. The fourth-order valence-electron chi connectivity index (χ4n) is 1.57. The van der Waals surface area contributed by atoms with Gasteiger partial charge >= 0.3 is 0 Å². The van der Waals surface area contributed by atoms with Gasteiger partial charge in [0.1, 0.15) is 5.69 Å². The zero-order valence-electron chi connectivity index (χ0n) is 11.7. The minimum atomic E-state index is -0.0249. The van der Waals surface area contributed by atoms with Gasteiger partial charge in [0.25, 0.3) is 5.91 Å². The monoisotopic (exact) mass is 315 g/mol. The molecule has 0 aromatic carbocycles. The lowest BCUT2D eigenvalue weighted by molar-refractivity contribution is 0.0933. The second-order valence-corrected chi connectivity index (χ2v) is 5.98. The number of hydrogen-bond acceptors (Lipinski definition) is 2. The maximum absolute atomic E-state index is 12.1. The number of nitrogens with zero attached hydrogens (tertiary/aromatic N) is 2. The summed E-state index contributed by atoms with van der Waals surface area (Å²) in [4.78, 5) is 14.2. The summed E-state index contributed by atoms with van der Waals surface area (Å²) in [5, 5.41) is 2.97. The molecule has 0 aliphatic carbocycles. The van der Waals surface area contributed by atoms with Crippen LogP contribution in [0.25, 0.3) is 0 Å². The van der Waals surface area contributed by atoms with Crippen LogP contribution in [0.1, 0.15) is 37.3 Å². The molecule has 1 amide bonds. The zero-order valence-corrected chi connectivity index (χ0v) is 13.3. The number of carbonyl (C=O) groups is 1. The highest BCUT2D eigenvalue weighted by Crippen LogP contribution is 2.19. The van der Waals surface area contributed by atoms with Crippen molar-refractivity contribution in [2.75, 3.05) is 20.6 Å². The van der Waals surface area contributed by atoms with Gasteiger partial charge in [-0.2, -0.15) is 0 Å². The minimum Gasteiger partial charge on any atom is -0.349 e. The van der Waals surface area contributed by atoms with Crippen LogP contribution in [-0.2, 0) is 0 Å². The van der Waals surface area contributed by atoms with Crippen LogP contribution in [0, 0.1) is 0 Å². The Balaban J connectivity index is 2.72. The summed E-state index contributed by atoms with van der Waals surface area (Å²) < 4.78 is 2.90. The van der Waals surface area contributed by atoms with Gasteiger partial charge in [0, 0.05) is 29.3 Å². The number of nitrogens with one attached hydrogen (secondary N) is 1. The Morgan fingerprint density at radius 1 is 1.44 bits per heavy atom. The Labute approximate surface area is 117 Å². The van der Waals surface area contributed by atoms with Gasteiger partial charge in [0.15, 0.2) is 0 Å². The molecule has 1 rings (SSSR count). The topological polar surface area (TPSA) is 37.3 Å². The summed E-state index contributed by atoms with van der Waals surface area (Å²) in [5.41, 5.74) is 0.697. The number of aromatic nitrogens is 1. The molecule has 1 aromatic rings. The van der Waals surface area contributed by atoms with E-state index in [1.165, 1.54) is 0 Å². The Bertz CT molecular complexity index is 412. The number of rotatable bonds is 5. The van der Waals surface area contributed by atoms with E-state index >= 15 is 0 Å².